The van der Waals surface area contributed by atoms with Gasteiger partial charge in [-0.05, 0) is 45.1 Å². The van der Waals surface area contributed by atoms with Crippen molar-refractivity contribution in [1.82, 2.24) is 0 Å². The Kier molecular flexibility index (Phi) is 15.3. The maximum atomic E-state index is 8.46. The SMILES string of the molecule is C#C.C=C/C(=C\C=C/C)CCCC/C(C)=C\C#N. The summed E-state index contributed by atoms with van der Waals surface area (Å²) in [6, 6.07) is 2.06. The zero-order valence-electron chi connectivity index (χ0n) is 11.5. The molecule has 0 heterocycles. The van der Waals surface area contributed by atoms with Crippen molar-refractivity contribution >= 4 is 0 Å². The Morgan fingerprint density at radius 2 is 1.89 bits per heavy atom. The van der Waals surface area contributed by atoms with Crippen LogP contribution in [0.1, 0.15) is 39.5 Å². The predicted molar refractivity (Wildman–Crippen MR) is 80.8 cm³/mol. The van der Waals surface area contributed by atoms with Gasteiger partial charge >= 0.3 is 0 Å². The summed E-state index contributed by atoms with van der Waals surface area (Å²) in [7, 11) is 0. The molecule has 18 heavy (non-hydrogen) atoms. The molecule has 0 bridgehead atoms. The number of allylic oxidation sites excluding steroid dienone is 7. The normalized spacial score (nSPS) is 11.5. The Morgan fingerprint density at radius 1 is 1.28 bits per heavy atom. The van der Waals surface area contributed by atoms with Gasteiger partial charge in [0.2, 0.25) is 0 Å². The molecular formula is C17H23N. The molecule has 0 amide bonds. The first-order chi connectivity index (χ1) is 8.74. The molecular weight excluding hydrogens is 218 g/mol. The largest absolute Gasteiger partial charge is 0.193 e. The molecule has 0 saturated carbocycles. The predicted octanol–water partition coefficient (Wildman–Crippen LogP) is 4.95. The molecule has 0 atom stereocenters. The van der Waals surface area contributed by atoms with Gasteiger partial charge in [0.05, 0.1) is 6.07 Å². The molecule has 1 nitrogen and oxygen atoms in total. The summed E-state index contributed by atoms with van der Waals surface area (Å²) >= 11 is 0. The van der Waals surface area contributed by atoms with Gasteiger partial charge in [0, 0.05) is 6.08 Å². The van der Waals surface area contributed by atoms with Crippen molar-refractivity contribution < 1.29 is 0 Å². The van der Waals surface area contributed by atoms with Crippen LogP contribution in [0.5, 0.6) is 0 Å². The van der Waals surface area contributed by atoms with Crippen molar-refractivity contribution in [3.8, 4) is 18.9 Å². The van der Waals surface area contributed by atoms with E-state index in [-0.39, 0.29) is 0 Å². The fourth-order valence-corrected chi connectivity index (χ4v) is 1.39. The number of hydrogen-bond acceptors (Lipinski definition) is 1. The minimum absolute atomic E-state index is 1.02. The third-order valence-electron chi connectivity index (χ3n) is 2.36. The standard InChI is InChI=1S/C15H21N.C2H2/c1-4-6-10-15(5-2)11-8-7-9-14(3)12-13-16;1-2/h4-6,10,12H,2,7-9,11H2,1,3H3;1-2H/b6-4-,14-12-,15-10+;. The lowest BCUT2D eigenvalue weighted by molar-refractivity contribution is 0.732. The van der Waals surface area contributed by atoms with Crippen LogP contribution < -0.4 is 0 Å². The Balaban J connectivity index is 0. The van der Waals surface area contributed by atoms with Gasteiger partial charge in [-0.25, -0.2) is 0 Å². The summed E-state index contributed by atoms with van der Waals surface area (Å²) in [5.41, 5.74) is 2.44. The lowest BCUT2D eigenvalue weighted by atomic mass is 10.0. The molecule has 0 saturated heterocycles. The molecule has 0 aliphatic rings. The fraction of sp³-hybridized carbons (Fsp3) is 0.353. The average molecular weight is 241 g/mol. The maximum Gasteiger partial charge on any atom is 0.0911 e. The van der Waals surface area contributed by atoms with Gasteiger partial charge in [-0.15, -0.1) is 12.8 Å². The molecule has 96 valence electrons. The van der Waals surface area contributed by atoms with E-state index < -0.39 is 0 Å². The zero-order valence-corrected chi connectivity index (χ0v) is 11.5. The molecule has 0 aromatic carbocycles. The summed E-state index contributed by atoms with van der Waals surface area (Å²) in [5, 5.41) is 8.46. The van der Waals surface area contributed by atoms with Crippen molar-refractivity contribution in [2.75, 3.05) is 0 Å². The molecule has 1 heteroatoms. The minimum Gasteiger partial charge on any atom is -0.193 e. The molecule has 0 spiro atoms. The van der Waals surface area contributed by atoms with Gasteiger partial charge in [0.25, 0.3) is 0 Å². The van der Waals surface area contributed by atoms with Crippen LogP contribution in [0.2, 0.25) is 0 Å². The summed E-state index contributed by atoms with van der Waals surface area (Å²) in [6.07, 6.45) is 22.1. The third kappa shape index (κ3) is 12.1. The van der Waals surface area contributed by atoms with Crippen LogP contribution in [0, 0.1) is 24.2 Å². The molecule has 0 aliphatic carbocycles. The Morgan fingerprint density at radius 3 is 2.39 bits per heavy atom. The highest BCUT2D eigenvalue weighted by Crippen LogP contribution is 2.13. The van der Waals surface area contributed by atoms with Crippen molar-refractivity contribution in [1.29, 1.82) is 5.26 Å². The molecule has 0 N–H and O–H groups in total. The molecule has 0 aromatic heterocycles. The molecule has 0 rings (SSSR count). The summed E-state index contributed by atoms with van der Waals surface area (Å²) in [5.74, 6) is 0. The first kappa shape index (κ1) is 18.4. The number of unbranched alkanes of at least 4 members (excludes halogenated alkanes) is 1. The van der Waals surface area contributed by atoms with Gasteiger partial charge in [0.1, 0.15) is 0 Å². The van der Waals surface area contributed by atoms with Gasteiger partial charge in [-0.2, -0.15) is 5.26 Å². The molecule has 0 radical (unpaired) electrons. The third-order valence-corrected chi connectivity index (χ3v) is 2.36. The second-order valence-electron chi connectivity index (χ2n) is 3.80. The summed E-state index contributed by atoms with van der Waals surface area (Å²) < 4.78 is 0. The number of nitrogens with zero attached hydrogens (tertiary/aromatic N) is 1. The van der Waals surface area contributed by atoms with Crippen molar-refractivity contribution in [3.05, 3.63) is 48.1 Å². The number of terminal acetylenes is 1. The van der Waals surface area contributed by atoms with E-state index in [1.165, 1.54) is 11.1 Å². The van der Waals surface area contributed by atoms with Crippen molar-refractivity contribution in [2.24, 2.45) is 0 Å². The van der Waals surface area contributed by atoms with E-state index in [2.05, 4.69) is 31.6 Å². The Hall–Kier alpha value is -1.99. The van der Waals surface area contributed by atoms with Crippen LogP contribution in [0.4, 0.5) is 0 Å². The van der Waals surface area contributed by atoms with Crippen LogP contribution >= 0.6 is 0 Å². The van der Waals surface area contributed by atoms with Gasteiger partial charge in [-0.3, -0.25) is 0 Å². The Bertz CT molecular complexity index is 359. The van der Waals surface area contributed by atoms with Crippen LogP contribution in [-0.4, -0.2) is 0 Å². The van der Waals surface area contributed by atoms with Crippen LogP contribution in [0.25, 0.3) is 0 Å². The van der Waals surface area contributed by atoms with Crippen molar-refractivity contribution in [2.45, 2.75) is 39.5 Å². The van der Waals surface area contributed by atoms with E-state index in [9.17, 15) is 0 Å². The minimum atomic E-state index is 1.02. The number of nitriles is 1. The summed E-state index contributed by atoms with van der Waals surface area (Å²) in [6.45, 7) is 7.82. The van der Waals surface area contributed by atoms with E-state index in [4.69, 9.17) is 5.26 Å². The molecule has 0 aliphatic heterocycles. The van der Waals surface area contributed by atoms with E-state index in [0.29, 0.717) is 0 Å². The number of hydrogen-bond donors (Lipinski definition) is 0. The van der Waals surface area contributed by atoms with Crippen LogP contribution in [-0.2, 0) is 0 Å². The lowest BCUT2D eigenvalue weighted by Gasteiger charge is -2.01. The lowest BCUT2D eigenvalue weighted by Crippen LogP contribution is -1.82. The van der Waals surface area contributed by atoms with E-state index in [1.54, 1.807) is 6.08 Å². The molecule has 0 fully saturated rings. The quantitative estimate of drug-likeness (QED) is 0.267. The van der Waals surface area contributed by atoms with Crippen LogP contribution in [0.3, 0.4) is 0 Å². The summed E-state index contributed by atoms with van der Waals surface area (Å²) in [4.78, 5) is 0. The Labute approximate surface area is 112 Å². The van der Waals surface area contributed by atoms with E-state index in [0.717, 1.165) is 25.7 Å². The van der Waals surface area contributed by atoms with Gasteiger partial charge in [0.15, 0.2) is 0 Å². The highest BCUT2D eigenvalue weighted by Gasteiger charge is 1.94. The highest BCUT2D eigenvalue weighted by molar-refractivity contribution is 5.21. The zero-order chi connectivity index (χ0) is 14.2. The average Bonchev–Trinajstić information content (AvgIpc) is 2.40. The first-order valence-corrected chi connectivity index (χ1v) is 6.07. The monoisotopic (exact) mass is 241 g/mol. The second kappa shape index (κ2) is 15.0. The first-order valence-electron chi connectivity index (χ1n) is 6.07. The van der Waals surface area contributed by atoms with Gasteiger partial charge < -0.3 is 0 Å². The number of rotatable bonds is 7. The fourth-order valence-electron chi connectivity index (χ4n) is 1.39. The van der Waals surface area contributed by atoms with E-state index in [1.807, 2.05) is 32.1 Å². The second-order valence-corrected chi connectivity index (χ2v) is 3.80. The van der Waals surface area contributed by atoms with Crippen LogP contribution in [0.15, 0.2) is 48.1 Å². The smallest absolute Gasteiger partial charge is 0.0911 e. The highest BCUT2D eigenvalue weighted by atomic mass is 14.2. The van der Waals surface area contributed by atoms with Crippen molar-refractivity contribution in [3.63, 3.8) is 0 Å². The van der Waals surface area contributed by atoms with Gasteiger partial charge in [-0.1, -0.05) is 36.5 Å². The molecule has 0 aromatic rings. The maximum absolute atomic E-state index is 8.46. The van der Waals surface area contributed by atoms with E-state index >= 15 is 0 Å². The topological polar surface area (TPSA) is 23.8 Å². The molecule has 0 unspecified atom stereocenters.